The number of rotatable bonds is 6. The summed E-state index contributed by atoms with van der Waals surface area (Å²) in [5.74, 6) is 0.642. The van der Waals surface area contributed by atoms with E-state index in [1.165, 1.54) is 0 Å². The Labute approximate surface area is 90.6 Å². The lowest BCUT2D eigenvalue weighted by atomic mass is 10.2. The van der Waals surface area contributed by atoms with Gasteiger partial charge in [-0.05, 0) is 12.5 Å². The second-order valence-corrected chi connectivity index (χ2v) is 3.45. The van der Waals surface area contributed by atoms with E-state index in [-0.39, 0.29) is 0 Å². The quantitative estimate of drug-likeness (QED) is 0.766. The van der Waals surface area contributed by atoms with Crippen LogP contribution in [0.5, 0.6) is 5.88 Å². The Bertz CT molecular complexity index is 274. The second kappa shape index (κ2) is 6.37. The third kappa shape index (κ3) is 4.27. The van der Waals surface area contributed by atoms with Gasteiger partial charge in [0.2, 0.25) is 5.88 Å². The average molecular weight is 210 g/mol. The van der Waals surface area contributed by atoms with Crippen LogP contribution >= 0.6 is 0 Å². The highest BCUT2D eigenvalue weighted by molar-refractivity contribution is 5.17. The number of aromatic nitrogens is 1. The molecule has 0 amide bonds. The molecule has 1 rings (SSSR count). The highest BCUT2D eigenvalue weighted by Gasteiger charge is 2.00. The summed E-state index contributed by atoms with van der Waals surface area (Å²) in [4.78, 5) is 4.13. The lowest BCUT2D eigenvalue weighted by molar-refractivity contribution is 0.171. The summed E-state index contributed by atoms with van der Waals surface area (Å²) < 4.78 is 10.0. The molecule has 4 heteroatoms. The molecule has 1 atom stereocenters. The molecular formula is C11H18N2O2. The van der Waals surface area contributed by atoms with Crippen LogP contribution in [0.1, 0.15) is 12.5 Å². The van der Waals surface area contributed by atoms with Gasteiger partial charge in [-0.2, -0.15) is 0 Å². The Balaban J connectivity index is 2.37. The molecule has 1 aromatic rings. The Morgan fingerprint density at radius 3 is 2.73 bits per heavy atom. The highest BCUT2D eigenvalue weighted by atomic mass is 16.5. The van der Waals surface area contributed by atoms with Crippen molar-refractivity contribution in [3.8, 4) is 5.88 Å². The number of ether oxygens (including phenoxy) is 2. The molecule has 4 nitrogen and oxygen atoms in total. The van der Waals surface area contributed by atoms with E-state index in [9.17, 15) is 0 Å². The molecule has 0 aliphatic heterocycles. The molecule has 0 saturated carbocycles. The maximum absolute atomic E-state index is 5.03. The lowest BCUT2D eigenvalue weighted by Gasteiger charge is -2.12. The topological polar surface area (TPSA) is 43.4 Å². The molecule has 0 aliphatic rings. The molecule has 0 aromatic carbocycles. The van der Waals surface area contributed by atoms with Crippen molar-refractivity contribution in [2.24, 2.45) is 0 Å². The van der Waals surface area contributed by atoms with Crippen molar-refractivity contribution in [2.75, 3.05) is 20.8 Å². The summed E-state index contributed by atoms with van der Waals surface area (Å²) in [6.07, 6.45) is 1.81. The van der Waals surface area contributed by atoms with Gasteiger partial charge in [0.25, 0.3) is 0 Å². The molecule has 1 heterocycles. The van der Waals surface area contributed by atoms with Gasteiger partial charge in [-0.3, -0.25) is 0 Å². The average Bonchev–Trinajstić information content (AvgIpc) is 2.27. The fourth-order valence-corrected chi connectivity index (χ4v) is 1.24. The van der Waals surface area contributed by atoms with Crippen LogP contribution in [0, 0.1) is 0 Å². The zero-order chi connectivity index (χ0) is 11.1. The molecule has 0 aliphatic carbocycles. The molecule has 0 fully saturated rings. The lowest BCUT2D eigenvalue weighted by Crippen LogP contribution is -2.29. The van der Waals surface area contributed by atoms with Crippen LogP contribution in [0.25, 0.3) is 0 Å². The van der Waals surface area contributed by atoms with Crippen LogP contribution in [-0.2, 0) is 11.3 Å². The van der Waals surface area contributed by atoms with Gasteiger partial charge in [-0.15, -0.1) is 0 Å². The number of methoxy groups -OCH3 is 2. The molecule has 1 aromatic heterocycles. The molecule has 0 spiro atoms. The van der Waals surface area contributed by atoms with Gasteiger partial charge in [0.05, 0.1) is 13.7 Å². The fourth-order valence-electron chi connectivity index (χ4n) is 1.24. The maximum atomic E-state index is 5.03. The third-order valence-corrected chi connectivity index (χ3v) is 2.08. The van der Waals surface area contributed by atoms with Gasteiger partial charge in [0.15, 0.2) is 0 Å². The summed E-state index contributed by atoms with van der Waals surface area (Å²) >= 11 is 0. The van der Waals surface area contributed by atoms with Gasteiger partial charge < -0.3 is 14.8 Å². The smallest absolute Gasteiger partial charge is 0.212 e. The summed E-state index contributed by atoms with van der Waals surface area (Å²) in [5, 5.41) is 3.33. The van der Waals surface area contributed by atoms with Crippen LogP contribution in [0.15, 0.2) is 18.3 Å². The number of nitrogens with zero attached hydrogens (tertiary/aromatic N) is 1. The van der Waals surface area contributed by atoms with E-state index in [0.717, 1.165) is 12.1 Å². The monoisotopic (exact) mass is 210 g/mol. The molecular weight excluding hydrogens is 192 g/mol. The minimum absolute atomic E-state index is 0.345. The standard InChI is InChI=1S/C11H18N2O2/c1-9(8-14-2)12-6-10-4-5-11(15-3)13-7-10/h4-5,7,9,12H,6,8H2,1-3H3. The van der Waals surface area contributed by atoms with Gasteiger partial charge in [0.1, 0.15) is 0 Å². The molecule has 0 bridgehead atoms. The van der Waals surface area contributed by atoms with Crippen LogP contribution in [0.2, 0.25) is 0 Å². The first-order valence-electron chi connectivity index (χ1n) is 4.97. The van der Waals surface area contributed by atoms with E-state index >= 15 is 0 Å². The van der Waals surface area contributed by atoms with Crippen molar-refractivity contribution in [3.05, 3.63) is 23.9 Å². The summed E-state index contributed by atoms with van der Waals surface area (Å²) in [7, 11) is 3.31. The second-order valence-electron chi connectivity index (χ2n) is 3.45. The molecule has 1 unspecified atom stereocenters. The molecule has 15 heavy (non-hydrogen) atoms. The Morgan fingerprint density at radius 1 is 1.40 bits per heavy atom. The zero-order valence-electron chi connectivity index (χ0n) is 9.49. The van der Waals surface area contributed by atoms with E-state index in [0.29, 0.717) is 18.5 Å². The predicted octanol–water partition coefficient (Wildman–Crippen LogP) is 1.21. The number of pyridine rings is 1. The van der Waals surface area contributed by atoms with Crippen LogP contribution < -0.4 is 10.1 Å². The predicted molar refractivity (Wildman–Crippen MR) is 59.0 cm³/mol. The number of nitrogens with one attached hydrogen (secondary N) is 1. The minimum Gasteiger partial charge on any atom is -0.481 e. The van der Waals surface area contributed by atoms with Gasteiger partial charge in [-0.1, -0.05) is 6.07 Å². The number of hydrogen-bond donors (Lipinski definition) is 1. The molecule has 84 valence electrons. The van der Waals surface area contributed by atoms with Crippen molar-refractivity contribution in [2.45, 2.75) is 19.5 Å². The fraction of sp³-hybridized carbons (Fsp3) is 0.545. The normalized spacial score (nSPS) is 12.5. The van der Waals surface area contributed by atoms with E-state index in [4.69, 9.17) is 9.47 Å². The Hall–Kier alpha value is -1.13. The molecule has 0 saturated heterocycles. The van der Waals surface area contributed by atoms with Crippen LogP contribution in [0.3, 0.4) is 0 Å². The summed E-state index contributed by atoms with van der Waals surface area (Å²) in [6, 6.07) is 4.20. The minimum atomic E-state index is 0.345. The maximum Gasteiger partial charge on any atom is 0.212 e. The largest absolute Gasteiger partial charge is 0.481 e. The third-order valence-electron chi connectivity index (χ3n) is 2.08. The zero-order valence-corrected chi connectivity index (χ0v) is 9.49. The van der Waals surface area contributed by atoms with Crippen molar-refractivity contribution < 1.29 is 9.47 Å². The van der Waals surface area contributed by atoms with Gasteiger partial charge in [0, 0.05) is 32.0 Å². The Morgan fingerprint density at radius 2 is 2.20 bits per heavy atom. The van der Waals surface area contributed by atoms with Crippen LogP contribution in [0.4, 0.5) is 0 Å². The first kappa shape index (κ1) is 11.9. The summed E-state index contributed by atoms with van der Waals surface area (Å²) in [6.45, 7) is 3.59. The van der Waals surface area contributed by atoms with Crippen LogP contribution in [-0.4, -0.2) is 31.9 Å². The first-order chi connectivity index (χ1) is 7.26. The Kier molecular flexibility index (Phi) is 5.07. The van der Waals surface area contributed by atoms with Crippen molar-refractivity contribution in [1.29, 1.82) is 0 Å². The highest BCUT2D eigenvalue weighted by Crippen LogP contribution is 2.06. The van der Waals surface area contributed by atoms with E-state index in [1.807, 2.05) is 18.3 Å². The molecule has 0 radical (unpaired) electrons. The first-order valence-corrected chi connectivity index (χ1v) is 4.97. The summed E-state index contributed by atoms with van der Waals surface area (Å²) in [5.41, 5.74) is 1.14. The van der Waals surface area contributed by atoms with Gasteiger partial charge >= 0.3 is 0 Å². The van der Waals surface area contributed by atoms with E-state index < -0.39 is 0 Å². The van der Waals surface area contributed by atoms with Gasteiger partial charge in [-0.25, -0.2) is 4.98 Å². The number of hydrogen-bond acceptors (Lipinski definition) is 4. The van der Waals surface area contributed by atoms with Crippen molar-refractivity contribution in [1.82, 2.24) is 10.3 Å². The van der Waals surface area contributed by atoms with Crippen molar-refractivity contribution in [3.63, 3.8) is 0 Å². The van der Waals surface area contributed by atoms with E-state index in [1.54, 1.807) is 14.2 Å². The SMILES string of the molecule is COCC(C)NCc1ccc(OC)nc1. The van der Waals surface area contributed by atoms with Crippen molar-refractivity contribution >= 4 is 0 Å². The molecule has 1 N–H and O–H groups in total. The van der Waals surface area contributed by atoms with E-state index in [2.05, 4.69) is 17.2 Å².